The predicted molar refractivity (Wildman–Crippen MR) is 153 cm³/mol. The topological polar surface area (TPSA) is 60.7 Å². The summed E-state index contributed by atoms with van der Waals surface area (Å²) in [4.78, 5) is 0. The molecule has 0 aliphatic heterocycles. The summed E-state index contributed by atoms with van der Waals surface area (Å²) in [5.74, 6) is -0.426. The van der Waals surface area contributed by atoms with E-state index in [1.54, 1.807) is 13.0 Å². The largest absolute Gasteiger partial charge is 0.429 e. The highest BCUT2D eigenvalue weighted by molar-refractivity contribution is 5.39. The van der Waals surface area contributed by atoms with E-state index in [9.17, 15) is 46.1 Å². The average molecular weight is 631 g/mol. The fourth-order valence-corrected chi connectivity index (χ4v) is 7.83. The monoisotopic (exact) mass is 630 g/mol. The van der Waals surface area contributed by atoms with Crippen molar-refractivity contribution in [2.45, 2.75) is 134 Å². The molecular formula is C33H47F7O3. The van der Waals surface area contributed by atoms with Crippen LogP contribution < -0.4 is 0 Å². The molecule has 0 aromatic rings. The van der Waals surface area contributed by atoms with Crippen LogP contribution in [0.4, 0.5) is 30.7 Å². The van der Waals surface area contributed by atoms with Crippen LogP contribution in [0.15, 0.2) is 47.6 Å². The van der Waals surface area contributed by atoms with Crippen molar-refractivity contribution in [3.05, 3.63) is 47.6 Å². The normalized spacial score (nSPS) is 35.6. The first kappa shape index (κ1) is 27.6. The van der Waals surface area contributed by atoms with Gasteiger partial charge in [-0.3, -0.25) is 0 Å². The maximum Gasteiger partial charge on any atom is 0.429 e. The molecule has 43 heavy (non-hydrogen) atoms. The van der Waals surface area contributed by atoms with Crippen molar-refractivity contribution in [2.24, 2.45) is 22.7 Å². The van der Waals surface area contributed by atoms with Crippen LogP contribution in [0.2, 0.25) is 0 Å². The lowest BCUT2D eigenvalue weighted by atomic mass is 9.55. The molecule has 3 aliphatic carbocycles. The number of allylic oxidation sites excluding steroid dienone is 5. The molecule has 10 heteroatoms. The zero-order chi connectivity index (χ0) is 37.6. The summed E-state index contributed by atoms with van der Waals surface area (Å²) in [5.41, 5.74) is -7.99. The van der Waals surface area contributed by atoms with Crippen molar-refractivity contribution in [2.75, 3.05) is 0 Å². The number of aliphatic hydroxyl groups is 3. The molecule has 0 amide bonds. The molecule has 0 saturated heterocycles. The molecule has 246 valence electrons. The zero-order valence-electron chi connectivity index (χ0n) is 30.6. The summed E-state index contributed by atoms with van der Waals surface area (Å²) in [6.07, 6.45) is -8.51. The molecule has 3 N–H and O–H groups in total. The molecule has 1 unspecified atom stereocenters. The lowest BCUT2D eigenvalue weighted by Crippen LogP contribution is -2.55. The first-order valence-electron chi connectivity index (χ1n) is 17.7. The van der Waals surface area contributed by atoms with Crippen LogP contribution in [-0.2, 0) is 0 Å². The third-order valence-corrected chi connectivity index (χ3v) is 10.1. The Morgan fingerprint density at radius 1 is 1.05 bits per heavy atom. The molecule has 3 aliphatic rings. The molecular weight excluding hydrogens is 577 g/mol. The summed E-state index contributed by atoms with van der Waals surface area (Å²) in [5, 5.41) is 30.6. The molecule has 0 spiro atoms. The van der Waals surface area contributed by atoms with Crippen LogP contribution in [0.3, 0.4) is 0 Å². The Bertz CT molecular complexity index is 1280. The maximum atomic E-state index is 14.4. The third-order valence-electron chi connectivity index (χ3n) is 10.1. The molecule has 0 aromatic carbocycles. The van der Waals surface area contributed by atoms with Gasteiger partial charge in [-0.2, -0.15) is 26.3 Å². The SMILES string of the molecule is [2H]C([2H])([2H])C(O)(CCC[C@@](C)(C/C=C\C(O)(C(F)(F)F)C(F)(F)F)[C@H]1CCC2/C(=C/C=C3/C[C@@H](O)C[C@H](F)C3=C)CCC[C@@]21C)C([2H])([2H])[2H]. The molecule has 3 fully saturated rings. The minimum atomic E-state index is -6.07. The minimum Gasteiger partial charge on any atom is -0.393 e. The second-order valence-electron chi connectivity index (χ2n) is 13.3. The fraction of sp³-hybridized carbons (Fsp3) is 0.758. The molecule has 3 nitrogen and oxygen atoms in total. The Balaban J connectivity index is 2.01. The predicted octanol–water partition coefficient (Wildman–Crippen LogP) is 8.85. The van der Waals surface area contributed by atoms with E-state index in [0.29, 0.717) is 43.8 Å². The third kappa shape index (κ3) is 7.78. The first-order valence-corrected chi connectivity index (χ1v) is 14.7. The van der Waals surface area contributed by atoms with Crippen molar-refractivity contribution in [3.63, 3.8) is 0 Å². The highest BCUT2D eigenvalue weighted by atomic mass is 19.4. The van der Waals surface area contributed by atoms with Gasteiger partial charge in [0.15, 0.2) is 0 Å². The van der Waals surface area contributed by atoms with E-state index in [1.165, 1.54) is 0 Å². The van der Waals surface area contributed by atoms with Gasteiger partial charge in [0.1, 0.15) is 6.17 Å². The lowest BCUT2D eigenvalue weighted by molar-refractivity contribution is -0.347. The Hall–Kier alpha value is -1.65. The second kappa shape index (κ2) is 12.6. The van der Waals surface area contributed by atoms with E-state index in [1.807, 2.05) is 13.0 Å². The van der Waals surface area contributed by atoms with Crippen LogP contribution in [0.25, 0.3) is 0 Å². The Morgan fingerprint density at radius 3 is 2.30 bits per heavy atom. The van der Waals surface area contributed by atoms with Crippen molar-refractivity contribution >= 4 is 0 Å². The highest BCUT2D eigenvalue weighted by Crippen LogP contribution is 2.64. The number of fused-ring (bicyclic) bond motifs is 1. The number of aliphatic hydroxyl groups excluding tert-OH is 1. The summed E-state index contributed by atoms with van der Waals surface area (Å²) in [7, 11) is 0. The minimum absolute atomic E-state index is 0.0401. The summed E-state index contributed by atoms with van der Waals surface area (Å²) >= 11 is 0. The van der Waals surface area contributed by atoms with Crippen molar-refractivity contribution in [3.8, 4) is 0 Å². The van der Waals surface area contributed by atoms with Gasteiger partial charge in [0.05, 0.1) is 11.7 Å². The van der Waals surface area contributed by atoms with Crippen LogP contribution in [0.5, 0.6) is 0 Å². The van der Waals surface area contributed by atoms with E-state index < -0.39 is 73.2 Å². The van der Waals surface area contributed by atoms with Gasteiger partial charge in [0, 0.05) is 14.6 Å². The number of halogens is 7. The van der Waals surface area contributed by atoms with E-state index in [2.05, 4.69) is 6.58 Å². The summed E-state index contributed by atoms with van der Waals surface area (Å²) in [6.45, 7) is 0.827. The number of hydrogen-bond acceptors (Lipinski definition) is 3. The highest BCUT2D eigenvalue weighted by Gasteiger charge is 2.69. The van der Waals surface area contributed by atoms with Crippen LogP contribution >= 0.6 is 0 Å². The molecule has 0 radical (unpaired) electrons. The molecule has 3 saturated carbocycles. The number of alkyl halides is 7. The molecule has 0 aromatic heterocycles. The smallest absolute Gasteiger partial charge is 0.393 e. The average Bonchev–Trinajstić information content (AvgIpc) is 3.29. The quantitative estimate of drug-likeness (QED) is 0.176. The van der Waals surface area contributed by atoms with Crippen LogP contribution in [-0.4, -0.2) is 51.1 Å². The molecule has 0 bridgehead atoms. The van der Waals surface area contributed by atoms with E-state index in [0.717, 1.165) is 5.57 Å². The lowest BCUT2D eigenvalue weighted by Gasteiger charge is -2.49. The van der Waals surface area contributed by atoms with Crippen molar-refractivity contribution in [1.82, 2.24) is 0 Å². The van der Waals surface area contributed by atoms with Gasteiger partial charge >= 0.3 is 12.4 Å². The fourth-order valence-electron chi connectivity index (χ4n) is 7.83. The van der Waals surface area contributed by atoms with Crippen molar-refractivity contribution < 1.29 is 54.3 Å². The van der Waals surface area contributed by atoms with Gasteiger partial charge in [-0.15, -0.1) is 0 Å². The zero-order valence-corrected chi connectivity index (χ0v) is 24.6. The van der Waals surface area contributed by atoms with Crippen molar-refractivity contribution in [1.29, 1.82) is 0 Å². The molecule has 0 heterocycles. The summed E-state index contributed by atoms with van der Waals surface area (Å²) < 4.78 is 141. The first-order chi connectivity index (χ1) is 22.0. The molecule has 3 rings (SSSR count). The Morgan fingerprint density at radius 2 is 1.70 bits per heavy atom. The Kier molecular flexibility index (Phi) is 8.12. The van der Waals surface area contributed by atoms with Gasteiger partial charge < -0.3 is 15.3 Å². The van der Waals surface area contributed by atoms with Gasteiger partial charge in [0.2, 0.25) is 0 Å². The standard InChI is InChI=1S/C33H47F7O3/c1-21-23(19-24(41)20-26(21)34)11-10-22-9-6-17-30(5)25(22)12-13-27(30)29(4,15-7-14-28(2,3)42)16-8-18-31(43,32(35,36)37)33(38,39)40/h8,10-11,18,24-27,41-43H,1,6-7,9,12-17,19-20H2,2-5H3/b18-8-,22-10+,23-11-/t24-,25?,26+,27-,29+,30+/m1/s1/i2D3,3D3. The number of rotatable bonds is 9. The van der Waals surface area contributed by atoms with E-state index in [-0.39, 0.29) is 49.2 Å². The van der Waals surface area contributed by atoms with Gasteiger partial charge in [-0.05, 0) is 111 Å². The van der Waals surface area contributed by atoms with Crippen LogP contribution in [0.1, 0.15) is 106 Å². The summed E-state index contributed by atoms with van der Waals surface area (Å²) in [6, 6.07) is 0. The number of hydrogen-bond donors (Lipinski definition) is 3. The Labute approximate surface area is 259 Å². The maximum absolute atomic E-state index is 14.4. The van der Waals surface area contributed by atoms with E-state index in [4.69, 9.17) is 8.22 Å². The van der Waals surface area contributed by atoms with Gasteiger partial charge in [-0.1, -0.05) is 50.6 Å². The van der Waals surface area contributed by atoms with Gasteiger partial charge in [0.25, 0.3) is 5.60 Å². The van der Waals surface area contributed by atoms with Gasteiger partial charge in [-0.25, -0.2) is 4.39 Å². The van der Waals surface area contributed by atoms with Crippen LogP contribution in [0, 0.1) is 22.7 Å². The second-order valence-corrected chi connectivity index (χ2v) is 13.3. The van der Waals surface area contributed by atoms with E-state index >= 15 is 0 Å². The molecule has 6 atom stereocenters.